The molecule has 5 nitrogen and oxygen atoms in total. The van der Waals surface area contributed by atoms with Crippen LogP contribution in [0.15, 0.2) is 36.4 Å². The molecule has 1 heterocycles. The lowest BCUT2D eigenvalue weighted by molar-refractivity contribution is -0.271. The molecule has 0 aromatic carbocycles. The molecule has 0 saturated heterocycles. The fourth-order valence-electron chi connectivity index (χ4n) is 1.92. The minimum atomic E-state index is -5.62. The first kappa shape index (κ1) is 24.2. The lowest BCUT2D eigenvalue weighted by Crippen LogP contribution is -2.39. The summed E-state index contributed by atoms with van der Waals surface area (Å²) in [6.45, 7) is 1.73. The number of thioether (sulfide) groups is 1. The highest BCUT2D eigenvalue weighted by Gasteiger charge is 2.56. The van der Waals surface area contributed by atoms with E-state index in [9.17, 15) is 26.7 Å². The first-order valence-corrected chi connectivity index (χ1v) is 9.46. The monoisotopic (exact) mass is 444 g/mol. The molecular weight excluding hydrogens is 427 g/mol. The summed E-state index contributed by atoms with van der Waals surface area (Å²) in [7, 11) is 0. The van der Waals surface area contributed by atoms with Crippen molar-refractivity contribution in [2.24, 2.45) is 0 Å². The van der Waals surface area contributed by atoms with Gasteiger partial charge in [-0.25, -0.2) is 0 Å². The van der Waals surface area contributed by atoms with Crippen molar-refractivity contribution in [3.63, 3.8) is 0 Å². The Morgan fingerprint density at radius 2 is 2.07 bits per heavy atom. The van der Waals surface area contributed by atoms with E-state index in [2.05, 4.69) is 10.3 Å². The molecule has 0 aliphatic carbocycles. The Morgan fingerprint density at radius 1 is 1.39 bits per heavy atom. The highest BCUT2D eigenvalue weighted by atomic mass is 35.5. The van der Waals surface area contributed by atoms with E-state index in [1.165, 1.54) is 12.4 Å². The fourth-order valence-corrected chi connectivity index (χ4v) is 2.96. The van der Waals surface area contributed by atoms with E-state index in [1.807, 2.05) is 0 Å². The predicted octanol–water partition coefficient (Wildman–Crippen LogP) is 4.72. The Bertz CT molecular complexity index is 700. The molecule has 1 rings (SSSR count). The van der Waals surface area contributed by atoms with Gasteiger partial charge in [0.2, 0.25) is 5.91 Å². The maximum absolute atomic E-state index is 12.9. The van der Waals surface area contributed by atoms with Crippen molar-refractivity contribution < 1.29 is 26.7 Å². The fraction of sp³-hybridized carbons (Fsp3) is 0.438. The van der Waals surface area contributed by atoms with Gasteiger partial charge in [0.25, 0.3) is 0 Å². The summed E-state index contributed by atoms with van der Waals surface area (Å²) < 4.78 is 62.1. The third-order valence-corrected chi connectivity index (χ3v) is 4.58. The predicted molar refractivity (Wildman–Crippen MR) is 99.9 cm³/mol. The smallest absolute Gasteiger partial charge is 0.358 e. The van der Waals surface area contributed by atoms with E-state index in [0.717, 1.165) is 4.90 Å². The lowest BCUT2D eigenvalue weighted by atomic mass is 10.3. The summed E-state index contributed by atoms with van der Waals surface area (Å²) in [5.74, 6) is -7.08. The maximum atomic E-state index is 12.9. The van der Waals surface area contributed by atoms with Crippen molar-refractivity contribution in [2.75, 3.05) is 23.4 Å². The standard InChI is InChI=1S/C16H18ClF5N4OS/c1-2-26(12(14(17)23)9-25-11-4-3-6-24-8-11)13(27)5-7-28-10-15(18,19)16(20,21)22/h3-4,6,8-9,23,25H,2,5,7,10H2,1H3/b12-9+,23-14?. The molecule has 28 heavy (non-hydrogen) atoms. The van der Waals surface area contributed by atoms with Gasteiger partial charge in [-0.1, -0.05) is 11.6 Å². The summed E-state index contributed by atoms with van der Waals surface area (Å²) >= 11 is 6.06. The number of nitrogens with zero attached hydrogens (tertiary/aromatic N) is 2. The van der Waals surface area contributed by atoms with Crippen molar-refractivity contribution in [1.29, 1.82) is 5.41 Å². The summed E-state index contributed by atoms with van der Waals surface area (Å²) in [6, 6.07) is 3.35. The van der Waals surface area contributed by atoms with Gasteiger partial charge in [-0.15, -0.1) is 0 Å². The second-order valence-corrected chi connectivity index (χ2v) is 6.86. The summed E-state index contributed by atoms with van der Waals surface area (Å²) in [5, 5.41) is 10.0. The first-order chi connectivity index (χ1) is 13.0. The van der Waals surface area contributed by atoms with Crippen molar-refractivity contribution >= 4 is 40.1 Å². The van der Waals surface area contributed by atoms with Crippen LogP contribution >= 0.6 is 23.4 Å². The van der Waals surface area contributed by atoms with Gasteiger partial charge < -0.3 is 10.2 Å². The molecular formula is C16H18ClF5N4OS. The lowest BCUT2D eigenvalue weighted by Gasteiger charge is -2.23. The van der Waals surface area contributed by atoms with Crippen LogP contribution in [0.5, 0.6) is 0 Å². The molecule has 156 valence electrons. The molecule has 1 amide bonds. The van der Waals surface area contributed by atoms with Crippen LogP contribution in [0.1, 0.15) is 13.3 Å². The van der Waals surface area contributed by atoms with Gasteiger partial charge in [-0.05, 0) is 19.1 Å². The first-order valence-electron chi connectivity index (χ1n) is 7.93. The number of amides is 1. The quantitative estimate of drug-likeness (QED) is 0.311. The molecule has 12 heteroatoms. The average Bonchev–Trinajstić information content (AvgIpc) is 2.61. The van der Waals surface area contributed by atoms with Crippen molar-refractivity contribution in [1.82, 2.24) is 9.88 Å². The van der Waals surface area contributed by atoms with E-state index in [4.69, 9.17) is 17.0 Å². The van der Waals surface area contributed by atoms with Crippen LogP contribution in [-0.2, 0) is 4.79 Å². The third-order valence-electron chi connectivity index (χ3n) is 3.33. The zero-order valence-electron chi connectivity index (χ0n) is 14.7. The molecule has 0 atom stereocenters. The zero-order chi connectivity index (χ0) is 21.4. The van der Waals surface area contributed by atoms with Gasteiger partial charge in [0.15, 0.2) is 0 Å². The van der Waals surface area contributed by atoms with E-state index in [-0.39, 0.29) is 24.4 Å². The van der Waals surface area contributed by atoms with Gasteiger partial charge >= 0.3 is 12.1 Å². The van der Waals surface area contributed by atoms with Crippen molar-refractivity contribution in [3.8, 4) is 0 Å². The van der Waals surface area contributed by atoms with E-state index >= 15 is 0 Å². The molecule has 2 N–H and O–H groups in total. The Labute approximate surface area is 167 Å². The van der Waals surface area contributed by atoms with Crippen LogP contribution < -0.4 is 5.32 Å². The molecule has 1 aromatic heterocycles. The SMILES string of the molecule is CCN(C(=O)CCSCC(F)(F)C(F)(F)F)/C(=C/Nc1cccnc1)C(=N)Cl. The molecule has 0 unspecified atom stereocenters. The Morgan fingerprint density at radius 3 is 2.57 bits per heavy atom. The Hall–Kier alpha value is -1.88. The number of carbonyl (C=O) groups excluding carboxylic acids is 1. The number of pyridine rings is 1. The van der Waals surface area contributed by atoms with Crippen LogP contribution in [0.4, 0.5) is 27.6 Å². The number of hydrogen-bond donors (Lipinski definition) is 2. The normalized spacial score (nSPS) is 12.6. The van der Waals surface area contributed by atoms with Crippen LogP contribution in [-0.4, -0.2) is 51.1 Å². The highest BCUT2D eigenvalue weighted by Crippen LogP contribution is 2.37. The van der Waals surface area contributed by atoms with E-state index in [1.54, 1.807) is 25.3 Å². The largest absolute Gasteiger partial charge is 0.454 e. The Balaban J connectivity index is 2.70. The van der Waals surface area contributed by atoms with Crippen LogP contribution in [0.25, 0.3) is 0 Å². The van der Waals surface area contributed by atoms with Crippen molar-refractivity contribution in [3.05, 3.63) is 36.4 Å². The number of aromatic nitrogens is 1. The Kier molecular flexibility index (Phi) is 9.15. The second-order valence-electron chi connectivity index (χ2n) is 5.37. The molecule has 0 bridgehead atoms. The number of hydrogen-bond acceptors (Lipinski definition) is 5. The van der Waals surface area contributed by atoms with Crippen LogP contribution in [0.2, 0.25) is 0 Å². The molecule has 0 fully saturated rings. The highest BCUT2D eigenvalue weighted by molar-refractivity contribution is 7.99. The van der Waals surface area contributed by atoms with Gasteiger partial charge in [-0.3, -0.25) is 15.2 Å². The molecule has 0 spiro atoms. The summed E-state index contributed by atoms with van der Waals surface area (Å²) in [6.07, 6.45) is -1.54. The number of rotatable bonds is 10. The van der Waals surface area contributed by atoms with Gasteiger partial charge in [0.05, 0.1) is 23.3 Å². The van der Waals surface area contributed by atoms with E-state index < -0.39 is 28.9 Å². The molecule has 0 radical (unpaired) electrons. The average molecular weight is 445 g/mol. The molecule has 0 aliphatic heterocycles. The van der Waals surface area contributed by atoms with Crippen LogP contribution in [0, 0.1) is 5.41 Å². The number of nitrogens with one attached hydrogen (secondary N) is 2. The molecule has 0 aliphatic rings. The maximum Gasteiger partial charge on any atom is 0.454 e. The molecule has 0 saturated carbocycles. The van der Waals surface area contributed by atoms with Gasteiger partial charge in [0, 0.05) is 31.1 Å². The van der Waals surface area contributed by atoms with Gasteiger partial charge in [-0.2, -0.15) is 33.7 Å². The van der Waals surface area contributed by atoms with Crippen molar-refractivity contribution in [2.45, 2.75) is 25.4 Å². The summed E-state index contributed by atoms with van der Waals surface area (Å²) in [5.41, 5.74) is 0.606. The molecule has 1 aromatic rings. The third kappa shape index (κ3) is 7.27. The number of allylic oxidation sites excluding steroid dienone is 1. The van der Waals surface area contributed by atoms with E-state index in [0.29, 0.717) is 17.4 Å². The van der Waals surface area contributed by atoms with Crippen LogP contribution in [0.3, 0.4) is 0 Å². The minimum Gasteiger partial charge on any atom is -0.358 e. The number of halogens is 6. The number of alkyl halides is 5. The number of carbonyl (C=O) groups is 1. The number of anilines is 1. The van der Waals surface area contributed by atoms with Gasteiger partial charge in [0.1, 0.15) is 5.17 Å². The topological polar surface area (TPSA) is 69.1 Å². The zero-order valence-corrected chi connectivity index (χ0v) is 16.3. The minimum absolute atomic E-state index is 0.0311. The summed E-state index contributed by atoms with van der Waals surface area (Å²) in [4.78, 5) is 17.4. The second kappa shape index (κ2) is 10.6.